The summed E-state index contributed by atoms with van der Waals surface area (Å²) in [6, 6.07) is 3.61. The maximum atomic E-state index is 12.0. The maximum absolute atomic E-state index is 12.0. The third kappa shape index (κ3) is 3.60. The highest BCUT2D eigenvalue weighted by Gasteiger charge is 2.17. The Balaban J connectivity index is 1.93. The van der Waals surface area contributed by atoms with Crippen LogP contribution in [0, 0.1) is 6.92 Å². The molecule has 2 N–H and O–H groups in total. The molecule has 0 saturated heterocycles. The predicted octanol–water partition coefficient (Wildman–Crippen LogP) is 0.501. The first-order chi connectivity index (χ1) is 10.5. The standard InChI is InChI=1S/C14H17N5O3/c1-9-5-4-6-15-12(9)17-11(20)7-16-13(21)10-8-19(2)18-14(10)22-3/h4-6,8H,7H2,1-3H3,(H,16,21)(H,15,17,20). The number of pyridine rings is 1. The summed E-state index contributed by atoms with van der Waals surface area (Å²) in [4.78, 5) is 27.9. The molecule has 2 aromatic heterocycles. The van der Waals surface area contributed by atoms with Crippen molar-refractivity contribution in [3.63, 3.8) is 0 Å². The highest BCUT2D eigenvalue weighted by Crippen LogP contribution is 2.14. The summed E-state index contributed by atoms with van der Waals surface area (Å²) in [7, 11) is 3.10. The van der Waals surface area contributed by atoms with Crippen LogP contribution >= 0.6 is 0 Å². The maximum Gasteiger partial charge on any atom is 0.258 e. The molecule has 0 aliphatic carbocycles. The van der Waals surface area contributed by atoms with Crippen LogP contribution in [0.3, 0.4) is 0 Å². The van der Waals surface area contributed by atoms with Crippen LogP contribution in [0.2, 0.25) is 0 Å². The van der Waals surface area contributed by atoms with Crippen molar-refractivity contribution in [1.82, 2.24) is 20.1 Å². The molecule has 0 fully saturated rings. The monoisotopic (exact) mass is 303 g/mol. The molecular weight excluding hydrogens is 286 g/mol. The highest BCUT2D eigenvalue weighted by molar-refractivity contribution is 6.00. The lowest BCUT2D eigenvalue weighted by atomic mass is 10.3. The number of carbonyl (C=O) groups excluding carboxylic acids is 2. The Bertz CT molecular complexity index is 696. The molecule has 0 spiro atoms. The van der Waals surface area contributed by atoms with Crippen LogP contribution in [0.1, 0.15) is 15.9 Å². The Labute approximate surface area is 127 Å². The van der Waals surface area contributed by atoms with Gasteiger partial charge in [-0.2, -0.15) is 0 Å². The molecule has 0 aliphatic rings. The summed E-state index contributed by atoms with van der Waals surface area (Å²) >= 11 is 0. The zero-order valence-electron chi connectivity index (χ0n) is 12.6. The van der Waals surface area contributed by atoms with Gasteiger partial charge in [0, 0.05) is 19.4 Å². The Morgan fingerprint density at radius 3 is 2.86 bits per heavy atom. The van der Waals surface area contributed by atoms with E-state index in [4.69, 9.17) is 4.74 Å². The van der Waals surface area contributed by atoms with Crippen molar-refractivity contribution in [2.24, 2.45) is 7.05 Å². The molecule has 0 radical (unpaired) electrons. The van der Waals surface area contributed by atoms with Crippen molar-refractivity contribution in [2.45, 2.75) is 6.92 Å². The van der Waals surface area contributed by atoms with Gasteiger partial charge in [-0.1, -0.05) is 6.07 Å². The number of aromatic nitrogens is 3. The first-order valence-electron chi connectivity index (χ1n) is 6.58. The van der Waals surface area contributed by atoms with Gasteiger partial charge in [0.1, 0.15) is 11.4 Å². The fourth-order valence-corrected chi connectivity index (χ4v) is 1.82. The molecule has 2 aromatic rings. The topological polar surface area (TPSA) is 98.1 Å². The van der Waals surface area contributed by atoms with Gasteiger partial charge in [-0.05, 0) is 18.6 Å². The summed E-state index contributed by atoms with van der Waals surface area (Å²) in [5.41, 5.74) is 1.11. The molecule has 0 bridgehead atoms. The van der Waals surface area contributed by atoms with Gasteiger partial charge >= 0.3 is 0 Å². The molecule has 116 valence electrons. The van der Waals surface area contributed by atoms with Crippen LogP contribution in [0.25, 0.3) is 0 Å². The van der Waals surface area contributed by atoms with Crippen LogP contribution in [0.5, 0.6) is 5.88 Å². The van der Waals surface area contributed by atoms with Crippen molar-refractivity contribution in [1.29, 1.82) is 0 Å². The molecule has 0 unspecified atom stereocenters. The summed E-state index contributed by atoms with van der Waals surface area (Å²) < 4.78 is 6.47. The number of amides is 2. The number of nitrogens with zero attached hydrogens (tertiary/aromatic N) is 3. The fraction of sp³-hybridized carbons (Fsp3) is 0.286. The molecule has 0 aromatic carbocycles. The number of methoxy groups -OCH3 is 1. The number of carbonyl (C=O) groups is 2. The third-order valence-electron chi connectivity index (χ3n) is 2.91. The number of aryl methyl sites for hydroxylation is 2. The Hall–Kier alpha value is -2.90. The number of rotatable bonds is 5. The lowest BCUT2D eigenvalue weighted by Gasteiger charge is -2.07. The minimum atomic E-state index is -0.433. The predicted molar refractivity (Wildman–Crippen MR) is 79.7 cm³/mol. The average Bonchev–Trinajstić information content (AvgIpc) is 2.88. The van der Waals surface area contributed by atoms with Gasteiger partial charge in [-0.15, -0.1) is 5.10 Å². The Morgan fingerprint density at radius 1 is 1.41 bits per heavy atom. The molecule has 2 amide bonds. The summed E-state index contributed by atoms with van der Waals surface area (Å²) in [5.74, 6) is -0.113. The van der Waals surface area contributed by atoms with Gasteiger partial charge in [0.15, 0.2) is 0 Å². The minimum absolute atomic E-state index is 0.174. The number of hydrogen-bond acceptors (Lipinski definition) is 5. The van der Waals surface area contributed by atoms with Crippen molar-refractivity contribution >= 4 is 17.6 Å². The van der Waals surface area contributed by atoms with Gasteiger partial charge < -0.3 is 15.4 Å². The SMILES string of the molecule is COc1nn(C)cc1C(=O)NCC(=O)Nc1ncccc1C. The Kier molecular flexibility index (Phi) is 4.72. The molecule has 22 heavy (non-hydrogen) atoms. The van der Waals surface area contributed by atoms with Gasteiger partial charge in [0.05, 0.1) is 13.7 Å². The average molecular weight is 303 g/mol. The molecule has 2 heterocycles. The first-order valence-corrected chi connectivity index (χ1v) is 6.58. The van der Waals surface area contributed by atoms with Crippen LogP contribution in [-0.2, 0) is 11.8 Å². The highest BCUT2D eigenvalue weighted by atomic mass is 16.5. The third-order valence-corrected chi connectivity index (χ3v) is 2.91. The van der Waals surface area contributed by atoms with Crippen LogP contribution in [-0.4, -0.2) is 40.2 Å². The molecule has 0 atom stereocenters. The number of anilines is 1. The molecule has 2 rings (SSSR count). The molecule has 0 aliphatic heterocycles. The van der Waals surface area contributed by atoms with Gasteiger partial charge in [-0.3, -0.25) is 14.3 Å². The van der Waals surface area contributed by atoms with Crippen molar-refractivity contribution in [3.8, 4) is 5.88 Å². The molecule has 8 nitrogen and oxygen atoms in total. The Morgan fingerprint density at radius 2 is 2.18 bits per heavy atom. The van der Waals surface area contributed by atoms with Crippen molar-refractivity contribution in [3.05, 3.63) is 35.7 Å². The van der Waals surface area contributed by atoms with E-state index in [-0.39, 0.29) is 23.9 Å². The second-order valence-corrected chi connectivity index (χ2v) is 4.63. The lowest BCUT2D eigenvalue weighted by molar-refractivity contribution is -0.115. The van der Waals surface area contributed by atoms with Crippen molar-refractivity contribution < 1.29 is 14.3 Å². The number of nitrogens with one attached hydrogen (secondary N) is 2. The molecular formula is C14H17N5O3. The van der Waals surface area contributed by atoms with Gasteiger partial charge in [0.25, 0.3) is 5.91 Å². The quantitative estimate of drug-likeness (QED) is 0.838. The largest absolute Gasteiger partial charge is 0.479 e. The first kappa shape index (κ1) is 15.5. The van der Waals surface area contributed by atoms with E-state index in [9.17, 15) is 9.59 Å². The van der Waals surface area contributed by atoms with Crippen LogP contribution in [0.4, 0.5) is 5.82 Å². The minimum Gasteiger partial charge on any atom is -0.479 e. The summed E-state index contributed by atoms with van der Waals surface area (Å²) in [5, 5.41) is 9.13. The van der Waals surface area contributed by atoms with Crippen molar-refractivity contribution in [2.75, 3.05) is 19.0 Å². The lowest BCUT2D eigenvalue weighted by Crippen LogP contribution is -2.33. The molecule has 0 saturated carbocycles. The normalized spacial score (nSPS) is 10.1. The fourth-order valence-electron chi connectivity index (χ4n) is 1.82. The number of ether oxygens (including phenoxy) is 1. The van der Waals surface area contributed by atoms with E-state index in [1.807, 2.05) is 13.0 Å². The van der Waals surface area contributed by atoms with Gasteiger partial charge in [0.2, 0.25) is 11.8 Å². The zero-order valence-corrected chi connectivity index (χ0v) is 12.6. The second kappa shape index (κ2) is 6.70. The molecule has 8 heteroatoms. The van der Waals surface area contributed by atoms with E-state index >= 15 is 0 Å². The smallest absolute Gasteiger partial charge is 0.258 e. The van der Waals surface area contributed by atoms with Crippen LogP contribution < -0.4 is 15.4 Å². The van der Waals surface area contributed by atoms with E-state index in [1.54, 1.807) is 19.3 Å². The van der Waals surface area contributed by atoms with E-state index < -0.39 is 5.91 Å². The zero-order chi connectivity index (χ0) is 16.1. The summed E-state index contributed by atoms with van der Waals surface area (Å²) in [6.45, 7) is 1.66. The number of hydrogen-bond donors (Lipinski definition) is 2. The van der Waals surface area contributed by atoms with E-state index in [1.165, 1.54) is 18.0 Å². The second-order valence-electron chi connectivity index (χ2n) is 4.63. The van der Waals surface area contributed by atoms with E-state index in [0.717, 1.165) is 5.56 Å². The summed E-state index contributed by atoms with van der Waals surface area (Å²) in [6.07, 6.45) is 3.11. The van der Waals surface area contributed by atoms with E-state index in [0.29, 0.717) is 5.82 Å². The van der Waals surface area contributed by atoms with E-state index in [2.05, 4.69) is 20.7 Å². The van der Waals surface area contributed by atoms with Gasteiger partial charge in [-0.25, -0.2) is 4.98 Å². The van der Waals surface area contributed by atoms with Crippen LogP contribution in [0.15, 0.2) is 24.5 Å².